The lowest BCUT2D eigenvalue weighted by molar-refractivity contribution is -0.134. The second kappa shape index (κ2) is 5.17. The molecule has 6 heteroatoms. The third-order valence-electron chi connectivity index (χ3n) is 3.69. The quantitative estimate of drug-likeness (QED) is 0.815. The molecule has 1 heterocycles. The summed E-state index contributed by atoms with van der Waals surface area (Å²) in [5.74, 6) is -0.354. The largest absolute Gasteiger partial charge is 0.393 e. The molecule has 1 rings (SSSR count). The van der Waals surface area contributed by atoms with Gasteiger partial charge in [-0.25, -0.2) is 8.42 Å². The van der Waals surface area contributed by atoms with E-state index in [2.05, 4.69) is 0 Å². The van der Waals surface area contributed by atoms with Gasteiger partial charge in [0, 0.05) is 18.8 Å². The molecule has 0 spiro atoms. The number of likely N-dealkylation sites (tertiary alicyclic amines) is 1. The van der Waals surface area contributed by atoms with Gasteiger partial charge in [-0.15, -0.1) is 0 Å². The van der Waals surface area contributed by atoms with Crippen LogP contribution in [0.25, 0.3) is 0 Å². The van der Waals surface area contributed by atoms with Crippen LogP contribution in [-0.2, 0) is 14.6 Å². The summed E-state index contributed by atoms with van der Waals surface area (Å²) in [5, 5.41) is 9.42. The average Bonchev–Trinajstić information content (AvgIpc) is 2.61. The van der Waals surface area contributed by atoms with Gasteiger partial charge in [-0.3, -0.25) is 4.79 Å². The number of aliphatic hydroxyl groups is 1. The molecular weight excluding hydrogens is 254 g/mol. The Morgan fingerprint density at radius 1 is 1.50 bits per heavy atom. The molecule has 1 fully saturated rings. The van der Waals surface area contributed by atoms with Crippen LogP contribution in [0.15, 0.2) is 0 Å². The van der Waals surface area contributed by atoms with E-state index in [1.54, 1.807) is 11.8 Å². The van der Waals surface area contributed by atoms with Gasteiger partial charge in [0.15, 0.2) is 9.84 Å². The highest BCUT2D eigenvalue weighted by Gasteiger charge is 2.44. The van der Waals surface area contributed by atoms with Gasteiger partial charge >= 0.3 is 0 Å². The molecule has 0 aromatic heterocycles. The van der Waals surface area contributed by atoms with Crippen molar-refractivity contribution in [2.75, 3.05) is 12.8 Å². The number of carbonyl (C=O) groups is 1. The summed E-state index contributed by atoms with van der Waals surface area (Å²) < 4.78 is 22.0. The highest BCUT2D eigenvalue weighted by Crippen LogP contribution is 2.27. The van der Waals surface area contributed by atoms with Gasteiger partial charge < -0.3 is 10.0 Å². The van der Waals surface area contributed by atoms with Gasteiger partial charge in [0.1, 0.15) is 4.75 Å². The summed E-state index contributed by atoms with van der Waals surface area (Å²) in [4.78, 5) is 14.0. The van der Waals surface area contributed by atoms with Crippen molar-refractivity contribution < 1.29 is 18.3 Å². The Bertz CT molecular complexity index is 414. The van der Waals surface area contributed by atoms with Gasteiger partial charge in [-0.1, -0.05) is 0 Å². The lowest BCUT2D eigenvalue weighted by Crippen LogP contribution is -2.51. The Morgan fingerprint density at radius 2 is 2.06 bits per heavy atom. The van der Waals surface area contributed by atoms with E-state index in [0.717, 1.165) is 19.1 Å². The van der Waals surface area contributed by atoms with Gasteiger partial charge in [0.05, 0.1) is 6.10 Å². The molecule has 1 aliphatic rings. The Labute approximate surface area is 109 Å². The lowest BCUT2D eigenvalue weighted by Gasteiger charge is -2.32. The second-order valence-corrected chi connectivity index (χ2v) is 8.23. The van der Waals surface area contributed by atoms with E-state index >= 15 is 0 Å². The molecule has 1 aliphatic heterocycles. The number of aliphatic hydroxyl groups excluding tert-OH is 1. The summed E-state index contributed by atoms with van der Waals surface area (Å²) >= 11 is 0. The Hall–Kier alpha value is -0.620. The summed E-state index contributed by atoms with van der Waals surface area (Å²) in [6, 6.07) is -0.0430. The summed E-state index contributed by atoms with van der Waals surface area (Å²) in [5.41, 5.74) is 0. The maximum Gasteiger partial charge on any atom is 0.243 e. The van der Waals surface area contributed by atoms with Crippen molar-refractivity contribution >= 4 is 15.7 Å². The molecule has 106 valence electrons. The Balaban J connectivity index is 2.90. The fourth-order valence-electron chi connectivity index (χ4n) is 2.25. The Kier molecular flexibility index (Phi) is 4.43. The predicted molar refractivity (Wildman–Crippen MR) is 70.0 cm³/mol. The van der Waals surface area contributed by atoms with Crippen molar-refractivity contribution in [2.45, 2.75) is 56.9 Å². The molecule has 0 aromatic rings. The monoisotopic (exact) mass is 277 g/mol. The van der Waals surface area contributed by atoms with E-state index in [0.29, 0.717) is 13.0 Å². The number of carbonyl (C=O) groups excluding carboxylic acids is 1. The molecule has 1 N–H and O–H groups in total. The molecule has 0 aromatic carbocycles. The molecular formula is C12H23NO4S. The van der Waals surface area contributed by atoms with Crippen LogP contribution >= 0.6 is 0 Å². The maximum absolute atomic E-state index is 12.4. The van der Waals surface area contributed by atoms with E-state index in [1.165, 1.54) is 13.8 Å². The second-order valence-electron chi connectivity index (χ2n) is 5.66. The van der Waals surface area contributed by atoms with Crippen LogP contribution in [0.5, 0.6) is 0 Å². The van der Waals surface area contributed by atoms with E-state index in [9.17, 15) is 18.3 Å². The highest BCUT2D eigenvalue weighted by molar-refractivity contribution is 7.92. The van der Waals surface area contributed by atoms with E-state index < -0.39 is 20.7 Å². The van der Waals surface area contributed by atoms with Gasteiger partial charge in [0.2, 0.25) is 5.91 Å². The minimum absolute atomic E-state index is 0.0430. The first kappa shape index (κ1) is 15.4. The lowest BCUT2D eigenvalue weighted by atomic mass is 10.1. The minimum Gasteiger partial charge on any atom is -0.393 e. The minimum atomic E-state index is -3.44. The molecule has 2 unspecified atom stereocenters. The van der Waals surface area contributed by atoms with Crippen LogP contribution in [0.4, 0.5) is 0 Å². The van der Waals surface area contributed by atoms with Crippen LogP contribution in [0, 0.1) is 0 Å². The summed E-state index contributed by atoms with van der Waals surface area (Å²) in [6.07, 6.45) is 2.81. The first-order chi connectivity index (χ1) is 8.07. The smallest absolute Gasteiger partial charge is 0.243 e. The van der Waals surface area contributed by atoms with Crippen molar-refractivity contribution in [3.63, 3.8) is 0 Å². The van der Waals surface area contributed by atoms with Crippen molar-refractivity contribution in [3.8, 4) is 0 Å². The number of sulfone groups is 1. The normalized spacial score (nSPS) is 23.2. The number of nitrogens with zero attached hydrogens (tertiary/aromatic N) is 1. The molecule has 0 aliphatic carbocycles. The van der Waals surface area contributed by atoms with E-state index in [4.69, 9.17) is 0 Å². The summed E-state index contributed by atoms with van der Waals surface area (Å²) in [7, 11) is -3.44. The van der Waals surface area contributed by atoms with Crippen molar-refractivity contribution in [1.29, 1.82) is 0 Å². The zero-order valence-electron chi connectivity index (χ0n) is 11.5. The molecule has 5 nitrogen and oxygen atoms in total. The topological polar surface area (TPSA) is 74.7 Å². The number of hydrogen-bond donors (Lipinski definition) is 1. The first-order valence-corrected chi connectivity index (χ1v) is 8.15. The van der Waals surface area contributed by atoms with Crippen LogP contribution in [0.2, 0.25) is 0 Å². The third kappa shape index (κ3) is 3.03. The van der Waals surface area contributed by atoms with Crippen LogP contribution < -0.4 is 0 Å². The van der Waals surface area contributed by atoms with Crippen molar-refractivity contribution in [3.05, 3.63) is 0 Å². The SMILES string of the molecule is CC(O)CC1CCCN1C(=O)C(C)(C)S(C)(=O)=O. The number of hydrogen-bond acceptors (Lipinski definition) is 4. The van der Waals surface area contributed by atoms with E-state index in [1.807, 2.05) is 0 Å². The molecule has 1 amide bonds. The van der Waals surface area contributed by atoms with Crippen LogP contribution in [0.1, 0.15) is 40.0 Å². The predicted octanol–water partition coefficient (Wildman–Crippen LogP) is 0.572. The van der Waals surface area contributed by atoms with Crippen LogP contribution in [-0.4, -0.2) is 54.0 Å². The molecule has 1 saturated heterocycles. The van der Waals surface area contributed by atoms with Crippen molar-refractivity contribution in [1.82, 2.24) is 4.90 Å². The van der Waals surface area contributed by atoms with Gasteiger partial charge in [0.25, 0.3) is 0 Å². The molecule has 0 bridgehead atoms. The molecule has 0 saturated carbocycles. The van der Waals surface area contributed by atoms with E-state index in [-0.39, 0.29) is 11.9 Å². The number of amides is 1. The van der Waals surface area contributed by atoms with Gasteiger partial charge in [-0.05, 0) is 40.0 Å². The standard InChI is InChI=1S/C12H23NO4S/c1-9(14)8-10-6-5-7-13(10)11(15)12(2,3)18(4,16)17/h9-10,14H,5-8H2,1-4H3. The average molecular weight is 277 g/mol. The maximum atomic E-state index is 12.4. The van der Waals surface area contributed by atoms with Crippen molar-refractivity contribution in [2.24, 2.45) is 0 Å². The number of rotatable bonds is 4. The Morgan fingerprint density at radius 3 is 2.50 bits per heavy atom. The third-order valence-corrected chi connectivity index (χ3v) is 5.72. The van der Waals surface area contributed by atoms with Crippen LogP contribution in [0.3, 0.4) is 0 Å². The summed E-state index contributed by atoms with van der Waals surface area (Å²) in [6.45, 7) is 5.16. The molecule has 2 atom stereocenters. The molecule has 18 heavy (non-hydrogen) atoms. The zero-order valence-corrected chi connectivity index (χ0v) is 12.3. The highest BCUT2D eigenvalue weighted by atomic mass is 32.2. The zero-order chi connectivity index (χ0) is 14.1. The first-order valence-electron chi connectivity index (χ1n) is 6.26. The fourth-order valence-corrected chi connectivity index (χ4v) is 2.68. The molecule has 0 radical (unpaired) electrons. The fraction of sp³-hybridized carbons (Fsp3) is 0.917. The van der Waals surface area contributed by atoms with Gasteiger partial charge in [-0.2, -0.15) is 0 Å².